The number of hydrogen-bond acceptors (Lipinski definition) is 4. The number of phenols is 1. The van der Waals surface area contributed by atoms with Crippen LogP contribution in [0.3, 0.4) is 0 Å². The van der Waals surface area contributed by atoms with Crippen molar-refractivity contribution in [2.75, 3.05) is 19.6 Å². The Bertz CT molecular complexity index is 628. The first-order chi connectivity index (χ1) is 10.8. The van der Waals surface area contributed by atoms with E-state index in [0.29, 0.717) is 48.1 Å². The molecule has 0 aliphatic carbocycles. The van der Waals surface area contributed by atoms with E-state index in [1.165, 1.54) is 6.07 Å². The molecular formula is C16H20Cl2N2O3. The molecule has 2 fully saturated rings. The van der Waals surface area contributed by atoms with E-state index >= 15 is 0 Å². The van der Waals surface area contributed by atoms with Crippen LogP contribution in [0.4, 0.5) is 0 Å². The third-order valence-electron chi connectivity index (χ3n) is 4.56. The highest BCUT2D eigenvalue weighted by atomic mass is 35.5. The van der Waals surface area contributed by atoms with Crippen LogP contribution in [-0.2, 0) is 4.79 Å². The molecule has 3 rings (SSSR count). The highest BCUT2D eigenvalue weighted by Crippen LogP contribution is 2.41. The summed E-state index contributed by atoms with van der Waals surface area (Å²) in [5.74, 6) is 0.348. The van der Waals surface area contributed by atoms with Gasteiger partial charge < -0.3 is 20.4 Å². The Kier molecular flexibility index (Phi) is 4.49. The molecule has 1 aromatic rings. The SMILES string of the molecule is CC1(O)CN(C(=O)C[C@H]2CN[C@@H](c3c(O)ccc(Cl)c3Cl)C2)C1. The Morgan fingerprint density at radius 1 is 1.43 bits per heavy atom. The number of nitrogens with zero attached hydrogens (tertiary/aromatic N) is 1. The molecule has 2 heterocycles. The number of benzene rings is 1. The van der Waals surface area contributed by atoms with Crippen LogP contribution >= 0.6 is 23.2 Å². The number of amides is 1. The predicted molar refractivity (Wildman–Crippen MR) is 88.8 cm³/mol. The van der Waals surface area contributed by atoms with Crippen molar-refractivity contribution in [3.05, 3.63) is 27.7 Å². The highest BCUT2D eigenvalue weighted by molar-refractivity contribution is 6.42. The second-order valence-electron chi connectivity index (χ2n) is 6.81. The molecule has 3 N–H and O–H groups in total. The first-order valence-corrected chi connectivity index (χ1v) is 8.43. The average Bonchev–Trinajstić information content (AvgIpc) is 2.89. The number of rotatable bonds is 3. The van der Waals surface area contributed by atoms with Gasteiger partial charge in [-0.15, -0.1) is 0 Å². The van der Waals surface area contributed by atoms with Crippen molar-refractivity contribution in [2.24, 2.45) is 5.92 Å². The summed E-state index contributed by atoms with van der Waals surface area (Å²) in [4.78, 5) is 13.9. The zero-order chi connectivity index (χ0) is 16.8. The highest BCUT2D eigenvalue weighted by Gasteiger charge is 2.40. The van der Waals surface area contributed by atoms with Crippen molar-refractivity contribution < 1.29 is 15.0 Å². The first-order valence-electron chi connectivity index (χ1n) is 7.67. The van der Waals surface area contributed by atoms with E-state index < -0.39 is 5.60 Å². The molecular weight excluding hydrogens is 339 g/mol. The van der Waals surface area contributed by atoms with E-state index in [1.54, 1.807) is 17.9 Å². The molecule has 0 aromatic heterocycles. The number of likely N-dealkylation sites (tertiary alicyclic amines) is 1. The number of β-amino-alcohol motifs (C(OH)–C–C–N with tert-alkyl or cyclic N) is 1. The van der Waals surface area contributed by atoms with Crippen LogP contribution in [0.5, 0.6) is 5.75 Å². The van der Waals surface area contributed by atoms with Crippen molar-refractivity contribution in [1.82, 2.24) is 10.2 Å². The van der Waals surface area contributed by atoms with Crippen LogP contribution in [0.15, 0.2) is 12.1 Å². The van der Waals surface area contributed by atoms with Gasteiger partial charge in [-0.1, -0.05) is 23.2 Å². The summed E-state index contributed by atoms with van der Waals surface area (Å²) in [6.07, 6.45) is 1.14. The van der Waals surface area contributed by atoms with Gasteiger partial charge in [-0.3, -0.25) is 4.79 Å². The predicted octanol–water partition coefficient (Wildman–Crippen LogP) is 2.33. The molecule has 1 amide bonds. The third kappa shape index (κ3) is 3.43. The van der Waals surface area contributed by atoms with Gasteiger partial charge >= 0.3 is 0 Å². The smallest absolute Gasteiger partial charge is 0.223 e. The van der Waals surface area contributed by atoms with E-state index in [1.807, 2.05) is 0 Å². The van der Waals surface area contributed by atoms with Crippen LogP contribution in [0.2, 0.25) is 10.0 Å². The lowest BCUT2D eigenvalue weighted by Crippen LogP contribution is -2.61. The van der Waals surface area contributed by atoms with Gasteiger partial charge in [-0.25, -0.2) is 0 Å². The maximum atomic E-state index is 12.2. The lowest BCUT2D eigenvalue weighted by Gasteiger charge is -2.44. The Hall–Kier alpha value is -1.01. The lowest BCUT2D eigenvalue weighted by molar-refractivity contribution is -0.153. The van der Waals surface area contributed by atoms with E-state index in [2.05, 4.69) is 5.32 Å². The molecule has 5 nitrogen and oxygen atoms in total. The van der Waals surface area contributed by atoms with Crippen molar-refractivity contribution in [3.8, 4) is 5.75 Å². The molecule has 0 unspecified atom stereocenters. The van der Waals surface area contributed by atoms with Gasteiger partial charge in [-0.05, 0) is 37.9 Å². The van der Waals surface area contributed by atoms with Crippen LogP contribution in [0.1, 0.15) is 31.4 Å². The average molecular weight is 359 g/mol. The molecule has 0 spiro atoms. The van der Waals surface area contributed by atoms with Gasteiger partial charge in [0.05, 0.1) is 28.7 Å². The molecule has 0 radical (unpaired) electrons. The maximum Gasteiger partial charge on any atom is 0.223 e. The summed E-state index contributed by atoms with van der Waals surface area (Å²) in [7, 11) is 0. The topological polar surface area (TPSA) is 72.8 Å². The maximum absolute atomic E-state index is 12.2. The fourth-order valence-electron chi connectivity index (χ4n) is 3.40. The summed E-state index contributed by atoms with van der Waals surface area (Å²) in [5.41, 5.74) is -0.146. The van der Waals surface area contributed by atoms with E-state index in [0.717, 1.165) is 0 Å². The Morgan fingerprint density at radius 3 is 2.78 bits per heavy atom. The number of aromatic hydroxyl groups is 1. The first kappa shape index (κ1) is 16.8. The fraction of sp³-hybridized carbons (Fsp3) is 0.562. The fourth-order valence-corrected chi connectivity index (χ4v) is 3.86. The Labute approximate surface area is 145 Å². The molecule has 7 heteroatoms. The van der Waals surface area contributed by atoms with E-state index in [-0.39, 0.29) is 23.6 Å². The summed E-state index contributed by atoms with van der Waals surface area (Å²) in [6.45, 7) is 3.21. The molecule has 2 aliphatic rings. The lowest BCUT2D eigenvalue weighted by atomic mass is 9.93. The van der Waals surface area contributed by atoms with Gasteiger partial charge in [0.15, 0.2) is 0 Å². The standard InChI is InChI=1S/C16H20Cl2N2O3/c1-16(23)7-20(8-16)13(22)5-9-4-11(19-6-9)14-12(21)3-2-10(17)15(14)18/h2-3,9,11,19,21,23H,4-8H2,1H3/t9-,11+/m0/s1. The number of halogens is 2. The molecule has 2 atom stereocenters. The number of phenolic OH excluding ortho intramolecular Hbond substituents is 1. The minimum absolute atomic E-state index is 0.0605. The molecule has 126 valence electrons. The van der Waals surface area contributed by atoms with Gasteiger partial charge in [0, 0.05) is 18.0 Å². The second-order valence-corrected chi connectivity index (χ2v) is 7.59. The third-order valence-corrected chi connectivity index (χ3v) is 5.38. The molecule has 2 saturated heterocycles. The summed E-state index contributed by atoms with van der Waals surface area (Å²) in [5, 5.41) is 23.8. The normalized spacial score (nSPS) is 26.2. The largest absolute Gasteiger partial charge is 0.508 e. The zero-order valence-electron chi connectivity index (χ0n) is 12.9. The monoisotopic (exact) mass is 358 g/mol. The minimum atomic E-state index is -0.744. The van der Waals surface area contributed by atoms with Crippen molar-refractivity contribution in [1.29, 1.82) is 0 Å². The van der Waals surface area contributed by atoms with Gasteiger partial charge in [0.25, 0.3) is 0 Å². The minimum Gasteiger partial charge on any atom is -0.508 e. The summed E-state index contributed by atoms with van der Waals surface area (Å²) >= 11 is 12.2. The number of carbonyl (C=O) groups is 1. The number of hydrogen-bond donors (Lipinski definition) is 3. The van der Waals surface area contributed by atoms with Crippen LogP contribution < -0.4 is 5.32 Å². The number of carbonyl (C=O) groups excluding carboxylic acids is 1. The van der Waals surface area contributed by atoms with Crippen LogP contribution in [0.25, 0.3) is 0 Å². The molecule has 0 saturated carbocycles. The van der Waals surface area contributed by atoms with Crippen molar-refractivity contribution >= 4 is 29.1 Å². The Morgan fingerprint density at radius 2 is 2.13 bits per heavy atom. The number of nitrogens with one attached hydrogen (secondary N) is 1. The molecule has 23 heavy (non-hydrogen) atoms. The summed E-state index contributed by atoms with van der Waals surface area (Å²) in [6, 6.07) is 2.99. The second kappa shape index (κ2) is 6.13. The van der Waals surface area contributed by atoms with Gasteiger partial charge in [-0.2, -0.15) is 0 Å². The van der Waals surface area contributed by atoms with Gasteiger partial charge in [0.1, 0.15) is 5.75 Å². The quantitative estimate of drug-likeness (QED) is 0.775. The Balaban J connectivity index is 1.61. The van der Waals surface area contributed by atoms with E-state index in [4.69, 9.17) is 23.2 Å². The van der Waals surface area contributed by atoms with E-state index in [9.17, 15) is 15.0 Å². The molecule has 0 bridgehead atoms. The zero-order valence-corrected chi connectivity index (χ0v) is 14.4. The van der Waals surface area contributed by atoms with Gasteiger partial charge in [0.2, 0.25) is 5.91 Å². The molecule has 1 aromatic carbocycles. The number of aliphatic hydroxyl groups is 1. The van der Waals surface area contributed by atoms with Crippen LogP contribution in [0, 0.1) is 5.92 Å². The summed E-state index contributed by atoms with van der Waals surface area (Å²) < 4.78 is 0. The van der Waals surface area contributed by atoms with Crippen molar-refractivity contribution in [3.63, 3.8) is 0 Å². The van der Waals surface area contributed by atoms with Crippen molar-refractivity contribution in [2.45, 2.75) is 31.4 Å². The van der Waals surface area contributed by atoms with Crippen LogP contribution in [-0.4, -0.2) is 46.3 Å². The molecule has 2 aliphatic heterocycles.